The molecule has 0 aromatic rings. The quantitative estimate of drug-likeness (QED) is 0.365. The summed E-state index contributed by atoms with van der Waals surface area (Å²) in [5.41, 5.74) is 5.29. The second-order valence-corrected chi connectivity index (χ2v) is 3.09. The lowest BCUT2D eigenvalue weighted by Crippen LogP contribution is -2.58. The van der Waals surface area contributed by atoms with Gasteiger partial charge in [0.05, 0.1) is 12.2 Å². The van der Waals surface area contributed by atoms with Crippen molar-refractivity contribution in [1.82, 2.24) is 0 Å². The summed E-state index contributed by atoms with van der Waals surface area (Å²) in [6.45, 7) is 1.76. The van der Waals surface area contributed by atoms with E-state index in [0.29, 0.717) is 0 Å². The third-order valence-electron chi connectivity index (χ3n) is 2.18. The van der Waals surface area contributed by atoms with Gasteiger partial charge in [-0.15, -0.1) is 0 Å². The van der Waals surface area contributed by atoms with Gasteiger partial charge in [0.25, 0.3) is 0 Å². The lowest BCUT2D eigenvalue weighted by Gasteiger charge is -2.38. The van der Waals surface area contributed by atoms with Gasteiger partial charge in [0.2, 0.25) is 0 Å². The maximum absolute atomic E-state index is 9.31. The molecule has 0 aliphatic carbocycles. The highest BCUT2D eigenvalue weighted by molar-refractivity contribution is 4.90. The van der Waals surface area contributed by atoms with Crippen LogP contribution in [0.15, 0.2) is 0 Å². The molecule has 1 fully saturated rings. The van der Waals surface area contributed by atoms with Crippen molar-refractivity contribution in [1.29, 1.82) is 0 Å². The van der Waals surface area contributed by atoms with Crippen LogP contribution in [0.1, 0.15) is 6.92 Å². The van der Waals surface area contributed by atoms with Crippen LogP contribution in [0.5, 0.6) is 0 Å². The lowest BCUT2D eigenvalue weighted by atomic mass is 9.96. The van der Waals surface area contributed by atoms with E-state index in [9.17, 15) is 15.3 Å². The van der Waals surface area contributed by atoms with Crippen molar-refractivity contribution < 1.29 is 20.1 Å². The first-order valence-electron chi connectivity index (χ1n) is 3.97. The van der Waals surface area contributed by atoms with E-state index < -0.39 is 30.5 Å². The van der Waals surface area contributed by atoms with Gasteiger partial charge < -0.3 is 25.8 Å². The number of ether oxygens (including phenoxy) is 1. The van der Waals surface area contributed by atoms with Gasteiger partial charge in [0.15, 0.2) is 0 Å². The van der Waals surface area contributed by atoms with Crippen molar-refractivity contribution in [3.63, 3.8) is 0 Å². The summed E-state index contributed by atoms with van der Waals surface area (Å²) >= 11 is 0. The second kappa shape index (κ2) is 3.68. The van der Waals surface area contributed by atoms with Crippen molar-refractivity contribution in [3.05, 3.63) is 0 Å². The molecule has 5 N–H and O–H groups in total. The molecule has 5 nitrogen and oxygen atoms in total. The summed E-state index contributed by atoms with van der Waals surface area (Å²) in [5, 5.41) is 27.8. The molecule has 1 rings (SSSR count). The summed E-state index contributed by atoms with van der Waals surface area (Å²) in [5.74, 6) is 0. The van der Waals surface area contributed by atoms with Crippen molar-refractivity contribution in [3.8, 4) is 0 Å². The first-order chi connectivity index (χ1) is 5.57. The number of rotatable bonds is 1. The van der Waals surface area contributed by atoms with Crippen LogP contribution in [-0.2, 0) is 4.74 Å². The molecule has 1 aliphatic rings. The Labute approximate surface area is 70.8 Å². The molecular weight excluding hydrogens is 162 g/mol. The largest absolute Gasteiger partial charge is 0.388 e. The monoisotopic (exact) mass is 177 g/mol. The fraction of sp³-hybridized carbons (Fsp3) is 1.00. The Morgan fingerprint density at radius 3 is 2.25 bits per heavy atom. The summed E-state index contributed by atoms with van der Waals surface area (Å²) in [7, 11) is 0. The van der Waals surface area contributed by atoms with Crippen LogP contribution in [0.2, 0.25) is 0 Å². The van der Waals surface area contributed by atoms with Crippen LogP contribution in [0.4, 0.5) is 0 Å². The van der Waals surface area contributed by atoms with E-state index in [1.165, 1.54) is 0 Å². The Bertz CT molecular complexity index is 150. The number of aliphatic hydroxyl groups excluding tert-OH is 3. The molecule has 0 radical (unpaired) electrons. The average Bonchev–Trinajstić information content (AvgIpc) is 2.08. The molecule has 5 heteroatoms. The minimum atomic E-state index is -1.16. The molecule has 0 amide bonds. The van der Waals surface area contributed by atoms with Gasteiger partial charge in [-0.2, -0.15) is 0 Å². The van der Waals surface area contributed by atoms with Gasteiger partial charge in [-0.3, -0.25) is 0 Å². The summed E-state index contributed by atoms with van der Waals surface area (Å²) in [6.07, 6.45) is -4.37. The average molecular weight is 177 g/mol. The lowest BCUT2D eigenvalue weighted by molar-refractivity contribution is -0.213. The fourth-order valence-electron chi connectivity index (χ4n) is 1.33. The van der Waals surface area contributed by atoms with Crippen LogP contribution in [0, 0.1) is 0 Å². The Balaban J connectivity index is 2.63. The van der Waals surface area contributed by atoms with Gasteiger partial charge in [0.1, 0.15) is 18.3 Å². The zero-order valence-corrected chi connectivity index (χ0v) is 6.92. The van der Waals surface area contributed by atoms with E-state index in [1.807, 2.05) is 0 Å². The maximum Gasteiger partial charge on any atom is 0.111 e. The minimum Gasteiger partial charge on any atom is -0.388 e. The van der Waals surface area contributed by atoms with Crippen LogP contribution >= 0.6 is 0 Å². The Kier molecular flexibility index (Phi) is 3.03. The minimum absolute atomic E-state index is 0.134. The van der Waals surface area contributed by atoms with Gasteiger partial charge >= 0.3 is 0 Å². The topological polar surface area (TPSA) is 95.9 Å². The van der Waals surface area contributed by atoms with E-state index in [0.717, 1.165) is 0 Å². The molecular formula is C7H15NO4. The van der Waals surface area contributed by atoms with Crippen molar-refractivity contribution in [2.45, 2.75) is 37.4 Å². The number of aliphatic hydroxyl groups is 3. The molecule has 0 aromatic carbocycles. The fourth-order valence-corrected chi connectivity index (χ4v) is 1.33. The summed E-state index contributed by atoms with van der Waals surface area (Å²) in [4.78, 5) is 0. The molecule has 1 heterocycles. The summed E-state index contributed by atoms with van der Waals surface area (Å²) < 4.78 is 5.15. The molecule has 1 saturated heterocycles. The second-order valence-electron chi connectivity index (χ2n) is 3.09. The standard InChI is InChI=1S/C7H15NO4/c1-3-5(9)7(11)6(10)4(2-8)12-3/h3-7,9-11H,2,8H2,1H3/t3-,4?,5-,6-,7+/m0/s1. The number of nitrogens with two attached hydrogens (primary N) is 1. The number of hydrogen-bond donors (Lipinski definition) is 4. The molecule has 12 heavy (non-hydrogen) atoms. The molecule has 0 aromatic heterocycles. The SMILES string of the molecule is C[C@@H]1OC(CN)[C@H](O)[C@H](O)[C@H]1O. The smallest absolute Gasteiger partial charge is 0.111 e. The predicted octanol–water partition coefficient (Wildman–Crippen LogP) is -2.18. The van der Waals surface area contributed by atoms with Gasteiger partial charge in [-0.25, -0.2) is 0 Å². The zero-order valence-electron chi connectivity index (χ0n) is 6.92. The van der Waals surface area contributed by atoms with Crippen LogP contribution < -0.4 is 5.73 Å². The van der Waals surface area contributed by atoms with Crippen molar-refractivity contribution >= 4 is 0 Å². The zero-order chi connectivity index (χ0) is 9.30. The molecule has 1 aliphatic heterocycles. The highest BCUT2D eigenvalue weighted by atomic mass is 16.5. The molecule has 0 saturated carbocycles. The predicted molar refractivity (Wildman–Crippen MR) is 41.4 cm³/mol. The molecule has 72 valence electrons. The molecule has 0 bridgehead atoms. The van der Waals surface area contributed by atoms with Crippen molar-refractivity contribution in [2.24, 2.45) is 5.73 Å². The highest BCUT2D eigenvalue weighted by Gasteiger charge is 2.40. The molecule has 1 unspecified atom stereocenters. The molecule has 0 spiro atoms. The highest BCUT2D eigenvalue weighted by Crippen LogP contribution is 2.19. The summed E-state index contributed by atoms with van der Waals surface area (Å²) in [6, 6.07) is 0. The maximum atomic E-state index is 9.31. The Hall–Kier alpha value is -0.200. The third kappa shape index (κ3) is 1.60. The van der Waals surface area contributed by atoms with Crippen LogP contribution in [0.25, 0.3) is 0 Å². The third-order valence-corrected chi connectivity index (χ3v) is 2.18. The first kappa shape index (κ1) is 9.88. The van der Waals surface area contributed by atoms with E-state index in [4.69, 9.17) is 10.5 Å². The van der Waals surface area contributed by atoms with E-state index in [-0.39, 0.29) is 6.54 Å². The van der Waals surface area contributed by atoms with Gasteiger partial charge in [-0.05, 0) is 6.92 Å². The van der Waals surface area contributed by atoms with Crippen LogP contribution in [-0.4, -0.2) is 52.4 Å². The van der Waals surface area contributed by atoms with Crippen LogP contribution in [0.3, 0.4) is 0 Å². The normalized spacial score (nSPS) is 49.2. The van der Waals surface area contributed by atoms with E-state index in [1.54, 1.807) is 6.92 Å². The van der Waals surface area contributed by atoms with Gasteiger partial charge in [0, 0.05) is 6.54 Å². The molecule has 5 atom stereocenters. The van der Waals surface area contributed by atoms with E-state index in [2.05, 4.69) is 0 Å². The first-order valence-corrected chi connectivity index (χ1v) is 3.97. The Morgan fingerprint density at radius 1 is 1.17 bits per heavy atom. The van der Waals surface area contributed by atoms with Gasteiger partial charge in [-0.1, -0.05) is 0 Å². The van der Waals surface area contributed by atoms with E-state index >= 15 is 0 Å². The number of hydrogen-bond acceptors (Lipinski definition) is 5. The Morgan fingerprint density at radius 2 is 1.75 bits per heavy atom. The van der Waals surface area contributed by atoms with Crippen molar-refractivity contribution in [2.75, 3.05) is 6.54 Å².